The van der Waals surface area contributed by atoms with E-state index >= 15 is 0 Å². The SMILES string of the molecule is C#CC(C)(CC)NC(=O)NCc1ccccc1. The van der Waals surface area contributed by atoms with Crippen molar-refractivity contribution in [2.75, 3.05) is 0 Å². The standard InChI is InChI=1S/C14H18N2O/c1-4-14(3,5-2)16-13(17)15-11-12-9-7-6-8-10-12/h1,6-10H,5,11H2,2-3H3,(H2,15,16,17). The van der Waals surface area contributed by atoms with Gasteiger partial charge in [0.2, 0.25) is 0 Å². The second-order valence-electron chi connectivity index (χ2n) is 4.12. The molecule has 1 unspecified atom stereocenters. The van der Waals surface area contributed by atoms with E-state index in [0.717, 1.165) is 5.56 Å². The minimum absolute atomic E-state index is 0.240. The Morgan fingerprint density at radius 3 is 2.59 bits per heavy atom. The highest BCUT2D eigenvalue weighted by atomic mass is 16.2. The van der Waals surface area contributed by atoms with Gasteiger partial charge in [-0.2, -0.15) is 0 Å². The first-order valence-electron chi connectivity index (χ1n) is 5.67. The third kappa shape index (κ3) is 4.20. The van der Waals surface area contributed by atoms with Crippen molar-refractivity contribution < 1.29 is 4.79 Å². The maximum absolute atomic E-state index is 11.6. The van der Waals surface area contributed by atoms with Crippen molar-refractivity contribution in [3.63, 3.8) is 0 Å². The van der Waals surface area contributed by atoms with Crippen molar-refractivity contribution in [2.24, 2.45) is 0 Å². The Balaban J connectivity index is 2.44. The smallest absolute Gasteiger partial charge is 0.316 e. The van der Waals surface area contributed by atoms with Crippen LogP contribution in [0.4, 0.5) is 4.79 Å². The van der Waals surface area contributed by atoms with Crippen LogP contribution in [0.5, 0.6) is 0 Å². The molecule has 2 amide bonds. The summed E-state index contributed by atoms with van der Waals surface area (Å²) < 4.78 is 0. The van der Waals surface area contributed by atoms with E-state index in [0.29, 0.717) is 13.0 Å². The summed E-state index contributed by atoms with van der Waals surface area (Å²) in [6, 6.07) is 9.49. The number of hydrogen-bond acceptors (Lipinski definition) is 1. The Morgan fingerprint density at radius 1 is 1.41 bits per heavy atom. The van der Waals surface area contributed by atoms with E-state index in [4.69, 9.17) is 6.42 Å². The van der Waals surface area contributed by atoms with Gasteiger partial charge in [-0.25, -0.2) is 4.79 Å². The van der Waals surface area contributed by atoms with Gasteiger partial charge >= 0.3 is 6.03 Å². The summed E-state index contributed by atoms with van der Waals surface area (Å²) in [4.78, 5) is 11.6. The average Bonchev–Trinajstić information content (AvgIpc) is 2.37. The fraction of sp³-hybridized carbons (Fsp3) is 0.357. The molecule has 17 heavy (non-hydrogen) atoms. The normalized spacial score (nSPS) is 13.2. The summed E-state index contributed by atoms with van der Waals surface area (Å²) >= 11 is 0. The number of benzene rings is 1. The summed E-state index contributed by atoms with van der Waals surface area (Å²) in [6.45, 7) is 4.27. The molecule has 1 aromatic carbocycles. The van der Waals surface area contributed by atoms with Crippen LogP contribution in [-0.2, 0) is 6.54 Å². The summed E-state index contributed by atoms with van der Waals surface area (Å²) in [5.41, 5.74) is 0.474. The van der Waals surface area contributed by atoms with E-state index in [1.165, 1.54) is 0 Å². The number of rotatable bonds is 4. The molecular formula is C14H18N2O. The largest absolute Gasteiger partial charge is 0.334 e. The van der Waals surface area contributed by atoms with Gasteiger partial charge in [0.05, 0.1) is 5.54 Å². The Hall–Kier alpha value is -1.95. The van der Waals surface area contributed by atoms with Crippen molar-refractivity contribution in [3.05, 3.63) is 35.9 Å². The van der Waals surface area contributed by atoms with Crippen LogP contribution in [0.15, 0.2) is 30.3 Å². The first-order chi connectivity index (χ1) is 8.09. The second-order valence-corrected chi connectivity index (χ2v) is 4.12. The predicted octanol–water partition coefficient (Wildman–Crippen LogP) is 2.29. The Labute approximate surface area is 103 Å². The number of hydrogen-bond donors (Lipinski definition) is 2. The van der Waals surface area contributed by atoms with Crippen LogP contribution >= 0.6 is 0 Å². The number of nitrogens with one attached hydrogen (secondary N) is 2. The van der Waals surface area contributed by atoms with Gasteiger partial charge in [0.25, 0.3) is 0 Å². The van der Waals surface area contributed by atoms with Crippen molar-refractivity contribution in [1.82, 2.24) is 10.6 Å². The van der Waals surface area contributed by atoms with E-state index in [1.807, 2.05) is 44.2 Å². The molecule has 3 heteroatoms. The molecule has 1 atom stereocenters. The van der Waals surface area contributed by atoms with Crippen molar-refractivity contribution in [3.8, 4) is 12.3 Å². The number of urea groups is 1. The van der Waals surface area contributed by atoms with Crippen molar-refractivity contribution >= 4 is 6.03 Å². The van der Waals surface area contributed by atoms with Gasteiger partial charge in [0, 0.05) is 6.54 Å². The lowest BCUT2D eigenvalue weighted by atomic mass is 10.0. The fourth-order valence-corrected chi connectivity index (χ4v) is 1.30. The van der Waals surface area contributed by atoms with Gasteiger partial charge in [0.1, 0.15) is 0 Å². The van der Waals surface area contributed by atoms with Crippen LogP contribution in [0.2, 0.25) is 0 Å². The maximum Gasteiger partial charge on any atom is 0.316 e. The first-order valence-corrected chi connectivity index (χ1v) is 5.67. The molecule has 0 spiro atoms. The Kier molecular flexibility index (Phi) is 4.59. The molecule has 0 saturated carbocycles. The van der Waals surface area contributed by atoms with Crippen LogP contribution in [-0.4, -0.2) is 11.6 Å². The van der Waals surface area contributed by atoms with Crippen LogP contribution in [0.25, 0.3) is 0 Å². The highest BCUT2D eigenvalue weighted by Crippen LogP contribution is 2.06. The summed E-state index contributed by atoms with van der Waals surface area (Å²) in [5.74, 6) is 2.59. The van der Waals surface area contributed by atoms with Crippen molar-refractivity contribution in [2.45, 2.75) is 32.4 Å². The highest BCUT2D eigenvalue weighted by Gasteiger charge is 2.20. The third-order valence-corrected chi connectivity index (χ3v) is 2.71. The van der Waals surface area contributed by atoms with Gasteiger partial charge in [-0.15, -0.1) is 6.42 Å². The lowest BCUT2D eigenvalue weighted by Gasteiger charge is -2.23. The zero-order valence-corrected chi connectivity index (χ0v) is 10.3. The molecule has 0 saturated heterocycles. The molecule has 0 aliphatic carbocycles. The topological polar surface area (TPSA) is 41.1 Å². The lowest BCUT2D eigenvalue weighted by molar-refractivity contribution is 0.233. The fourth-order valence-electron chi connectivity index (χ4n) is 1.30. The molecular weight excluding hydrogens is 212 g/mol. The van der Waals surface area contributed by atoms with Gasteiger partial charge in [-0.3, -0.25) is 0 Å². The van der Waals surface area contributed by atoms with Crippen LogP contribution < -0.4 is 10.6 Å². The molecule has 2 N–H and O–H groups in total. The number of terminal acetylenes is 1. The highest BCUT2D eigenvalue weighted by molar-refractivity contribution is 5.75. The quantitative estimate of drug-likeness (QED) is 0.766. The zero-order valence-electron chi connectivity index (χ0n) is 10.3. The molecule has 1 aromatic rings. The summed E-state index contributed by atoms with van der Waals surface area (Å²) in [5, 5.41) is 5.55. The molecule has 0 bridgehead atoms. The van der Waals surface area contributed by atoms with Crippen LogP contribution in [0, 0.1) is 12.3 Å². The van der Waals surface area contributed by atoms with Gasteiger partial charge in [0.15, 0.2) is 0 Å². The monoisotopic (exact) mass is 230 g/mol. The summed E-state index contributed by atoms with van der Waals surface area (Å²) in [7, 11) is 0. The predicted molar refractivity (Wildman–Crippen MR) is 69.3 cm³/mol. The first kappa shape index (κ1) is 13.1. The van der Waals surface area contributed by atoms with Gasteiger partial charge in [-0.1, -0.05) is 43.2 Å². The Bertz CT molecular complexity index is 408. The third-order valence-electron chi connectivity index (χ3n) is 2.71. The molecule has 1 rings (SSSR count). The molecule has 3 nitrogen and oxygen atoms in total. The van der Waals surface area contributed by atoms with E-state index in [9.17, 15) is 4.79 Å². The average molecular weight is 230 g/mol. The number of amides is 2. The van der Waals surface area contributed by atoms with Crippen LogP contribution in [0.3, 0.4) is 0 Å². The van der Waals surface area contributed by atoms with E-state index in [2.05, 4.69) is 16.6 Å². The van der Waals surface area contributed by atoms with Crippen LogP contribution in [0.1, 0.15) is 25.8 Å². The minimum Gasteiger partial charge on any atom is -0.334 e. The maximum atomic E-state index is 11.6. The summed E-state index contributed by atoms with van der Waals surface area (Å²) in [6.07, 6.45) is 6.08. The molecule has 90 valence electrons. The van der Waals surface area contributed by atoms with Gasteiger partial charge in [-0.05, 0) is 18.9 Å². The molecule has 0 aromatic heterocycles. The molecule has 0 aliphatic rings. The van der Waals surface area contributed by atoms with Crippen molar-refractivity contribution in [1.29, 1.82) is 0 Å². The van der Waals surface area contributed by atoms with E-state index in [-0.39, 0.29) is 6.03 Å². The molecule has 0 fully saturated rings. The number of carbonyl (C=O) groups is 1. The lowest BCUT2D eigenvalue weighted by Crippen LogP contribution is -2.48. The Morgan fingerprint density at radius 2 is 2.06 bits per heavy atom. The molecule has 0 radical (unpaired) electrons. The minimum atomic E-state index is -0.583. The molecule has 0 heterocycles. The van der Waals surface area contributed by atoms with E-state index in [1.54, 1.807) is 0 Å². The van der Waals surface area contributed by atoms with Gasteiger partial charge < -0.3 is 10.6 Å². The molecule has 0 aliphatic heterocycles. The second kappa shape index (κ2) is 5.95. The van der Waals surface area contributed by atoms with E-state index < -0.39 is 5.54 Å². The number of carbonyl (C=O) groups excluding carboxylic acids is 1. The zero-order chi connectivity index (χ0) is 12.7.